The molecule has 0 saturated carbocycles. The van der Waals surface area contributed by atoms with Gasteiger partial charge in [-0.2, -0.15) is 5.10 Å². The first-order chi connectivity index (χ1) is 8.66. The zero-order chi connectivity index (χ0) is 13.0. The molecule has 0 saturated heterocycles. The van der Waals surface area contributed by atoms with Crippen molar-refractivity contribution in [1.29, 1.82) is 0 Å². The fraction of sp³-hybridized carbons (Fsp3) is 0.533. The van der Waals surface area contributed by atoms with Crippen molar-refractivity contribution in [3.63, 3.8) is 0 Å². The van der Waals surface area contributed by atoms with Gasteiger partial charge in [-0.3, -0.25) is 0 Å². The van der Waals surface area contributed by atoms with Crippen molar-refractivity contribution in [2.75, 3.05) is 13.7 Å². The van der Waals surface area contributed by atoms with E-state index in [2.05, 4.69) is 42.7 Å². The van der Waals surface area contributed by atoms with E-state index in [-0.39, 0.29) is 5.41 Å². The monoisotopic (exact) mass is 246 g/mol. The molecule has 1 heterocycles. The number of hydrogen-bond donors (Lipinski definition) is 1. The quantitative estimate of drug-likeness (QED) is 0.866. The Morgan fingerprint density at radius 3 is 2.56 bits per heavy atom. The molecule has 98 valence electrons. The van der Waals surface area contributed by atoms with E-state index in [0.717, 1.165) is 18.7 Å². The Kier molecular flexibility index (Phi) is 3.90. The van der Waals surface area contributed by atoms with Crippen LogP contribution in [0.15, 0.2) is 29.4 Å². The van der Waals surface area contributed by atoms with E-state index in [1.165, 1.54) is 12.0 Å². The molecule has 18 heavy (non-hydrogen) atoms. The largest absolute Gasteiger partial charge is 0.497 e. The lowest BCUT2D eigenvalue weighted by molar-refractivity contribution is 0.413. The normalized spacial score (nSPS) is 22.2. The SMILES string of the molecule is COc1ccc(C2(CCC(C)C)C=NNC2)cc1. The fourth-order valence-corrected chi connectivity index (χ4v) is 2.34. The van der Waals surface area contributed by atoms with Crippen LogP contribution in [-0.2, 0) is 5.41 Å². The summed E-state index contributed by atoms with van der Waals surface area (Å²) < 4.78 is 5.21. The lowest BCUT2D eigenvalue weighted by atomic mass is 9.77. The molecule has 0 bridgehead atoms. The number of rotatable bonds is 5. The molecule has 1 atom stereocenters. The summed E-state index contributed by atoms with van der Waals surface area (Å²) in [6.07, 6.45) is 4.41. The lowest BCUT2D eigenvalue weighted by Crippen LogP contribution is -2.32. The van der Waals surface area contributed by atoms with Crippen molar-refractivity contribution in [3.8, 4) is 5.75 Å². The smallest absolute Gasteiger partial charge is 0.118 e. The molecule has 0 aromatic heterocycles. The van der Waals surface area contributed by atoms with Crippen LogP contribution in [-0.4, -0.2) is 19.9 Å². The van der Waals surface area contributed by atoms with Gasteiger partial charge in [-0.05, 0) is 36.5 Å². The highest BCUT2D eigenvalue weighted by molar-refractivity contribution is 5.75. The van der Waals surface area contributed by atoms with Gasteiger partial charge in [-0.15, -0.1) is 0 Å². The van der Waals surface area contributed by atoms with Gasteiger partial charge in [0.05, 0.1) is 12.5 Å². The highest BCUT2D eigenvalue weighted by Gasteiger charge is 2.33. The first-order valence-corrected chi connectivity index (χ1v) is 6.58. The molecular weight excluding hydrogens is 224 g/mol. The molecule has 0 amide bonds. The Balaban J connectivity index is 2.20. The van der Waals surface area contributed by atoms with Crippen molar-refractivity contribution in [1.82, 2.24) is 5.43 Å². The third-order valence-corrected chi connectivity index (χ3v) is 3.63. The van der Waals surface area contributed by atoms with Gasteiger partial charge in [0.25, 0.3) is 0 Å². The number of hydrazone groups is 1. The maximum absolute atomic E-state index is 5.21. The zero-order valence-corrected chi connectivity index (χ0v) is 11.4. The molecule has 2 rings (SSSR count). The topological polar surface area (TPSA) is 33.6 Å². The average molecular weight is 246 g/mol. The highest BCUT2D eigenvalue weighted by atomic mass is 16.5. The van der Waals surface area contributed by atoms with E-state index in [1.807, 2.05) is 12.1 Å². The van der Waals surface area contributed by atoms with Gasteiger partial charge in [0.15, 0.2) is 0 Å². The molecule has 3 nitrogen and oxygen atoms in total. The zero-order valence-electron chi connectivity index (χ0n) is 11.4. The van der Waals surface area contributed by atoms with Crippen LogP contribution in [0.4, 0.5) is 0 Å². The van der Waals surface area contributed by atoms with Crippen LogP contribution in [0, 0.1) is 5.92 Å². The number of nitrogens with one attached hydrogen (secondary N) is 1. The number of ether oxygens (including phenoxy) is 1. The molecule has 0 aliphatic carbocycles. The molecule has 1 aromatic carbocycles. The van der Waals surface area contributed by atoms with Gasteiger partial charge in [0, 0.05) is 12.8 Å². The van der Waals surface area contributed by atoms with Crippen LogP contribution >= 0.6 is 0 Å². The molecule has 1 aromatic rings. The van der Waals surface area contributed by atoms with Gasteiger partial charge >= 0.3 is 0 Å². The van der Waals surface area contributed by atoms with Gasteiger partial charge in [-0.25, -0.2) is 0 Å². The average Bonchev–Trinajstić information content (AvgIpc) is 2.86. The van der Waals surface area contributed by atoms with Gasteiger partial charge in [-0.1, -0.05) is 26.0 Å². The van der Waals surface area contributed by atoms with Crippen molar-refractivity contribution in [2.24, 2.45) is 11.0 Å². The minimum Gasteiger partial charge on any atom is -0.497 e. The Morgan fingerprint density at radius 2 is 2.06 bits per heavy atom. The number of methoxy groups -OCH3 is 1. The minimum absolute atomic E-state index is 0.0521. The van der Waals surface area contributed by atoms with Crippen molar-refractivity contribution < 1.29 is 4.74 Å². The molecule has 3 heteroatoms. The van der Waals surface area contributed by atoms with Crippen LogP contribution in [0.25, 0.3) is 0 Å². The molecule has 0 radical (unpaired) electrons. The number of nitrogens with zero attached hydrogens (tertiary/aromatic N) is 1. The summed E-state index contributed by atoms with van der Waals surface area (Å²) in [5, 5.41) is 4.23. The predicted molar refractivity (Wildman–Crippen MR) is 75.2 cm³/mol. The van der Waals surface area contributed by atoms with Crippen LogP contribution in [0.5, 0.6) is 5.75 Å². The Morgan fingerprint density at radius 1 is 1.33 bits per heavy atom. The predicted octanol–water partition coefficient (Wildman–Crippen LogP) is 2.96. The highest BCUT2D eigenvalue weighted by Crippen LogP contribution is 2.32. The second-order valence-corrected chi connectivity index (χ2v) is 5.41. The van der Waals surface area contributed by atoms with E-state index < -0.39 is 0 Å². The number of benzene rings is 1. The van der Waals surface area contributed by atoms with E-state index >= 15 is 0 Å². The third-order valence-electron chi connectivity index (χ3n) is 3.63. The van der Waals surface area contributed by atoms with Crippen LogP contribution in [0.2, 0.25) is 0 Å². The summed E-state index contributed by atoms with van der Waals surface area (Å²) in [5.74, 6) is 1.62. The molecule has 1 N–H and O–H groups in total. The molecule has 0 spiro atoms. The van der Waals surface area contributed by atoms with E-state index in [9.17, 15) is 0 Å². The first-order valence-electron chi connectivity index (χ1n) is 6.58. The van der Waals surface area contributed by atoms with Crippen molar-refractivity contribution in [3.05, 3.63) is 29.8 Å². The maximum atomic E-state index is 5.21. The van der Waals surface area contributed by atoms with E-state index in [0.29, 0.717) is 5.92 Å². The molecule has 1 aliphatic heterocycles. The fourth-order valence-electron chi connectivity index (χ4n) is 2.34. The molecule has 1 aliphatic rings. The maximum Gasteiger partial charge on any atom is 0.118 e. The Labute approximate surface area is 109 Å². The van der Waals surface area contributed by atoms with Crippen LogP contribution in [0.1, 0.15) is 32.3 Å². The van der Waals surface area contributed by atoms with E-state index in [1.54, 1.807) is 7.11 Å². The van der Waals surface area contributed by atoms with Gasteiger partial charge < -0.3 is 10.2 Å². The number of hydrogen-bond acceptors (Lipinski definition) is 3. The molecule has 1 unspecified atom stereocenters. The summed E-state index contributed by atoms with van der Waals surface area (Å²) in [7, 11) is 1.70. The van der Waals surface area contributed by atoms with Crippen molar-refractivity contribution >= 4 is 6.21 Å². The Bertz CT molecular complexity index is 411. The van der Waals surface area contributed by atoms with Gasteiger partial charge in [0.2, 0.25) is 0 Å². The second-order valence-electron chi connectivity index (χ2n) is 5.41. The minimum atomic E-state index is 0.0521. The first kappa shape index (κ1) is 12.9. The molecular formula is C15H22N2O. The van der Waals surface area contributed by atoms with Crippen molar-refractivity contribution in [2.45, 2.75) is 32.1 Å². The summed E-state index contributed by atoms with van der Waals surface area (Å²) >= 11 is 0. The lowest BCUT2D eigenvalue weighted by Gasteiger charge is -2.27. The van der Waals surface area contributed by atoms with Gasteiger partial charge in [0.1, 0.15) is 5.75 Å². The summed E-state index contributed by atoms with van der Waals surface area (Å²) in [5.41, 5.74) is 4.47. The van der Waals surface area contributed by atoms with Crippen LogP contribution in [0.3, 0.4) is 0 Å². The summed E-state index contributed by atoms with van der Waals surface area (Å²) in [6.45, 7) is 5.43. The summed E-state index contributed by atoms with van der Waals surface area (Å²) in [4.78, 5) is 0. The standard InChI is InChI=1S/C15H22N2O/c1-12(2)8-9-15(10-16-17-11-15)13-4-6-14(18-3)7-5-13/h4-7,10,12,17H,8-9,11H2,1-3H3. The Hall–Kier alpha value is -1.51. The summed E-state index contributed by atoms with van der Waals surface area (Å²) in [6, 6.07) is 8.35. The van der Waals surface area contributed by atoms with Crippen LogP contribution < -0.4 is 10.2 Å². The third kappa shape index (κ3) is 2.66. The molecule has 0 fully saturated rings. The van der Waals surface area contributed by atoms with E-state index in [4.69, 9.17) is 4.74 Å². The second kappa shape index (κ2) is 5.42.